The Hall–Kier alpha value is -2.98. The van der Waals surface area contributed by atoms with Gasteiger partial charge in [0.2, 0.25) is 0 Å². The van der Waals surface area contributed by atoms with E-state index in [1.54, 1.807) is 6.21 Å². The standard InChI is InChI=1S/C22H16BrN3/c23-18-11-12-21-20(13-18)19(17-9-5-2-6-10-17)14-22(25-21)26-24-15-16-7-3-1-4-8-16/h1-15H,(H,25,26)/b24-15+. The molecule has 0 aliphatic heterocycles. The van der Waals surface area contributed by atoms with Crippen molar-refractivity contribution in [3.63, 3.8) is 0 Å². The maximum absolute atomic E-state index is 4.69. The fourth-order valence-corrected chi connectivity index (χ4v) is 3.18. The lowest BCUT2D eigenvalue weighted by Crippen LogP contribution is -1.96. The minimum Gasteiger partial charge on any atom is -0.261 e. The van der Waals surface area contributed by atoms with E-state index in [0.29, 0.717) is 5.82 Å². The molecule has 3 aromatic carbocycles. The first-order valence-electron chi connectivity index (χ1n) is 8.29. The van der Waals surface area contributed by atoms with E-state index in [1.165, 1.54) is 0 Å². The van der Waals surface area contributed by atoms with Gasteiger partial charge in [0.05, 0.1) is 11.7 Å². The molecule has 126 valence electrons. The molecule has 1 aromatic heterocycles. The third-order valence-corrected chi connectivity index (χ3v) is 4.54. The number of nitrogens with zero attached hydrogens (tertiary/aromatic N) is 2. The fraction of sp³-hybridized carbons (Fsp3) is 0. The number of hydrogen-bond acceptors (Lipinski definition) is 3. The minimum absolute atomic E-state index is 0.714. The normalized spacial score (nSPS) is 11.1. The van der Waals surface area contributed by atoms with Crippen LogP contribution in [0.25, 0.3) is 22.0 Å². The summed E-state index contributed by atoms with van der Waals surface area (Å²) in [5, 5.41) is 5.42. The van der Waals surface area contributed by atoms with Crippen LogP contribution in [0.4, 0.5) is 5.82 Å². The van der Waals surface area contributed by atoms with Gasteiger partial charge in [-0.3, -0.25) is 5.43 Å². The van der Waals surface area contributed by atoms with Crippen LogP contribution in [-0.2, 0) is 0 Å². The molecule has 3 nitrogen and oxygen atoms in total. The van der Waals surface area contributed by atoms with Crippen molar-refractivity contribution in [3.8, 4) is 11.1 Å². The van der Waals surface area contributed by atoms with E-state index >= 15 is 0 Å². The van der Waals surface area contributed by atoms with E-state index in [0.717, 1.165) is 32.1 Å². The summed E-state index contributed by atoms with van der Waals surface area (Å²) in [6.07, 6.45) is 1.79. The number of aromatic nitrogens is 1. The van der Waals surface area contributed by atoms with Crippen LogP contribution in [0.3, 0.4) is 0 Å². The third kappa shape index (κ3) is 3.65. The van der Waals surface area contributed by atoms with E-state index in [2.05, 4.69) is 49.6 Å². The molecule has 0 radical (unpaired) electrons. The summed E-state index contributed by atoms with van der Waals surface area (Å²) in [5.74, 6) is 0.714. The van der Waals surface area contributed by atoms with Gasteiger partial charge in [0.1, 0.15) is 5.82 Å². The number of rotatable bonds is 4. The highest BCUT2D eigenvalue weighted by Gasteiger charge is 2.08. The molecule has 0 saturated carbocycles. The van der Waals surface area contributed by atoms with E-state index in [-0.39, 0.29) is 0 Å². The zero-order valence-electron chi connectivity index (χ0n) is 13.9. The van der Waals surface area contributed by atoms with Gasteiger partial charge in [0, 0.05) is 9.86 Å². The van der Waals surface area contributed by atoms with Gasteiger partial charge in [0.15, 0.2) is 0 Å². The fourth-order valence-electron chi connectivity index (χ4n) is 2.82. The van der Waals surface area contributed by atoms with E-state index in [9.17, 15) is 0 Å². The number of anilines is 1. The molecule has 26 heavy (non-hydrogen) atoms. The smallest absolute Gasteiger partial charge is 0.147 e. The Bertz CT molecular complexity index is 1060. The van der Waals surface area contributed by atoms with E-state index in [4.69, 9.17) is 0 Å². The van der Waals surface area contributed by atoms with Crippen LogP contribution in [0.5, 0.6) is 0 Å². The first kappa shape index (κ1) is 16.5. The van der Waals surface area contributed by atoms with Crippen LogP contribution in [0.15, 0.2) is 94.5 Å². The predicted molar refractivity (Wildman–Crippen MR) is 113 cm³/mol. The van der Waals surface area contributed by atoms with Crippen molar-refractivity contribution in [2.24, 2.45) is 5.10 Å². The topological polar surface area (TPSA) is 37.3 Å². The molecule has 0 aliphatic rings. The molecule has 1 N–H and O–H groups in total. The van der Waals surface area contributed by atoms with E-state index < -0.39 is 0 Å². The first-order valence-corrected chi connectivity index (χ1v) is 9.09. The van der Waals surface area contributed by atoms with Gasteiger partial charge >= 0.3 is 0 Å². The van der Waals surface area contributed by atoms with Crippen LogP contribution in [-0.4, -0.2) is 11.2 Å². The second-order valence-electron chi connectivity index (χ2n) is 5.86. The summed E-state index contributed by atoms with van der Waals surface area (Å²) in [6, 6.07) is 28.4. The quantitative estimate of drug-likeness (QED) is 0.330. The molecule has 0 fully saturated rings. The zero-order chi connectivity index (χ0) is 17.8. The van der Waals surface area contributed by atoms with Crippen LogP contribution in [0, 0.1) is 0 Å². The Labute approximate surface area is 160 Å². The summed E-state index contributed by atoms with van der Waals surface area (Å²) < 4.78 is 1.03. The summed E-state index contributed by atoms with van der Waals surface area (Å²) in [4.78, 5) is 4.69. The molecule has 4 heteroatoms. The zero-order valence-corrected chi connectivity index (χ0v) is 15.5. The predicted octanol–water partition coefficient (Wildman–Crippen LogP) is 6.11. The van der Waals surface area contributed by atoms with Gasteiger partial charge in [0.25, 0.3) is 0 Å². The van der Waals surface area contributed by atoms with Gasteiger partial charge in [-0.1, -0.05) is 76.6 Å². The van der Waals surface area contributed by atoms with Gasteiger partial charge in [-0.25, -0.2) is 4.98 Å². The third-order valence-electron chi connectivity index (χ3n) is 4.05. The minimum atomic E-state index is 0.714. The van der Waals surface area contributed by atoms with Crippen LogP contribution in [0.1, 0.15) is 5.56 Å². The van der Waals surface area contributed by atoms with Crippen molar-refractivity contribution >= 4 is 38.9 Å². The lowest BCUT2D eigenvalue weighted by Gasteiger charge is -2.10. The number of benzene rings is 3. The van der Waals surface area contributed by atoms with Gasteiger partial charge in [-0.2, -0.15) is 5.10 Å². The van der Waals surface area contributed by atoms with Crippen molar-refractivity contribution in [2.75, 3.05) is 5.43 Å². The summed E-state index contributed by atoms with van der Waals surface area (Å²) >= 11 is 3.56. The summed E-state index contributed by atoms with van der Waals surface area (Å²) in [5.41, 5.74) is 7.28. The Morgan fingerprint density at radius 3 is 2.35 bits per heavy atom. The summed E-state index contributed by atoms with van der Waals surface area (Å²) in [7, 11) is 0. The van der Waals surface area contributed by atoms with Crippen LogP contribution < -0.4 is 5.43 Å². The Kier molecular flexibility index (Phi) is 4.75. The first-order chi connectivity index (χ1) is 12.8. The highest BCUT2D eigenvalue weighted by Crippen LogP contribution is 2.31. The van der Waals surface area contributed by atoms with Crippen LogP contribution in [0.2, 0.25) is 0 Å². The van der Waals surface area contributed by atoms with Crippen molar-refractivity contribution < 1.29 is 0 Å². The summed E-state index contributed by atoms with van der Waals surface area (Å²) in [6.45, 7) is 0. The van der Waals surface area contributed by atoms with Gasteiger partial charge < -0.3 is 0 Å². The Morgan fingerprint density at radius 1 is 0.846 bits per heavy atom. The maximum Gasteiger partial charge on any atom is 0.147 e. The largest absolute Gasteiger partial charge is 0.261 e. The lowest BCUT2D eigenvalue weighted by atomic mass is 10.0. The highest BCUT2D eigenvalue weighted by atomic mass is 79.9. The van der Waals surface area contributed by atoms with E-state index in [1.807, 2.05) is 66.7 Å². The second-order valence-corrected chi connectivity index (χ2v) is 6.78. The number of hydrogen-bond donors (Lipinski definition) is 1. The molecule has 0 spiro atoms. The number of fused-ring (bicyclic) bond motifs is 1. The average Bonchev–Trinajstić information content (AvgIpc) is 2.69. The average molecular weight is 402 g/mol. The monoisotopic (exact) mass is 401 g/mol. The number of pyridine rings is 1. The van der Waals surface area contributed by atoms with Crippen molar-refractivity contribution in [3.05, 3.63) is 95.0 Å². The Balaban J connectivity index is 1.74. The number of nitrogens with one attached hydrogen (secondary N) is 1. The molecule has 0 atom stereocenters. The maximum atomic E-state index is 4.69. The molecular formula is C22H16BrN3. The molecule has 0 unspecified atom stereocenters. The number of halogens is 1. The number of hydrazone groups is 1. The Morgan fingerprint density at radius 2 is 1.58 bits per heavy atom. The van der Waals surface area contributed by atoms with Crippen LogP contribution >= 0.6 is 15.9 Å². The molecular weight excluding hydrogens is 386 g/mol. The molecule has 0 bridgehead atoms. The molecule has 4 aromatic rings. The van der Waals surface area contributed by atoms with Crippen molar-refractivity contribution in [1.82, 2.24) is 4.98 Å². The molecule has 0 saturated heterocycles. The second kappa shape index (κ2) is 7.50. The molecule has 1 heterocycles. The molecule has 0 amide bonds. The van der Waals surface area contributed by atoms with Crippen molar-refractivity contribution in [2.45, 2.75) is 0 Å². The van der Waals surface area contributed by atoms with Gasteiger partial charge in [-0.15, -0.1) is 0 Å². The van der Waals surface area contributed by atoms with Gasteiger partial charge in [-0.05, 0) is 41.0 Å². The molecule has 4 rings (SSSR count). The molecule has 0 aliphatic carbocycles. The lowest BCUT2D eigenvalue weighted by molar-refractivity contribution is 1.26. The SMILES string of the molecule is Brc1ccc2nc(N/N=C/c3ccccc3)cc(-c3ccccc3)c2c1. The highest BCUT2D eigenvalue weighted by molar-refractivity contribution is 9.10. The van der Waals surface area contributed by atoms with Crippen molar-refractivity contribution in [1.29, 1.82) is 0 Å².